The van der Waals surface area contributed by atoms with Gasteiger partial charge in [0.25, 0.3) is 0 Å². The highest BCUT2D eigenvalue weighted by atomic mass is 16.5. The third-order valence-corrected chi connectivity index (χ3v) is 2.43. The van der Waals surface area contributed by atoms with Gasteiger partial charge in [0.2, 0.25) is 5.95 Å². The van der Waals surface area contributed by atoms with Gasteiger partial charge in [-0.1, -0.05) is 0 Å². The fourth-order valence-corrected chi connectivity index (χ4v) is 1.54. The SMILES string of the molecule is Cc1ccnc(NC2(C)CCOC2)n1. The molecule has 4 nitrogen and oxygen atoms in total. The average molecular weight is 193 g/mol. The molecule has 2 rings (SSSR count). The van der Waals surface area contributed by atoms with Gasteiger partial charge >= 0.3 is 0 Å². The van der Waals surface area contributed by atoms with E-state index in [0.717, 1.165) is 25.3 Å². The molecule has 1 saturated heterocycles. The molecule has 14 heavy (non-hydrogen) atoms. The Morgan fingerprint density at radius 2 is 2.43 bits per heavy atom. The Balaban J connectivity index is 2.10. The number of nitrogens with zero attached hydrogens (tertiary/aromatic N) is 2. The maximum absolute atomic E-state index is 5.34. The van der Waals surface area contributed by atoms with E-state index in [-0.39, 0.29) is 5.54 Å². The van der Waals surface area contributed by atoms with E-state index in [0.29, 0.717) is 5.95 Å². The molecule has 0 saturated carbocycles. The lowest BCUT2D eigenvalue weighted by atomic mass is 10.0. The highest BCUT2D eigenvalue weighted by Crippen LogP contribution is 2.21. The summed E-state index contributed by atoms with van der Waals surface area (Å²) in [7, 11) is 0. The second-order valence-corrected chi connectivity index (χ2v) is 4.01. The monoisotopic (exact) mass is 193 g/mol. The molecule has 1 N–H and O–H groups in total. The summed E-state index contributed by atoms with van der Waals surface area (Å²) in [4.78, 5) is 8.47. The zero-order chi connectivity index (χ0) is 10.0. The lowest BCUT2D eigenvalue weighted by molar-refractivity contribution is 0.185. The molecule has 1 aliphatic heterocycles. The van der Waals surface area contributed by atoms with E-state index in [1.807, 2.05) is 13.0 Å². The molecule has 4 heteroatoms. The summed E-state index contributed by atoms with van der Waals surface area (Å²) < 4.78 is 5.34. The van der Waals surface area contributed by atoms with Crippen molar-refractivity contribution >= 4 is 5.95 Å². The van der Waals surface area contributed by atoms with Crippen LogP contribution in [0.3, 0.4) is 0 Å². The molecular weight excluding hydrogens is 178 g/mol. The number of aromatic nitrogens is 2. The van der Waals surface area contributed by atoms with Crippen molar-refractivity contribution in [3.63, 3.8) is 0 Å². The van der Waals surface area contributed by atoms with Crippen LogP contribution >= 0.6 is 0 Å². The first-order valence-electron chi connectivity index (χ1n) is 4.84. The lowest BCUT2D eigenvalue weighted by Gasteiger charge is -2.23. The van der Waals surface area contributed by atoms with Gasteiger partial charge in [0.1, 0.15) is 0 Å². The van der Waals surface area contributed by atoms with Crippen molar-refractivity contribution in [2.24, 2.45) is 0 Å². The third-order valence-electron chi connectivity index (χ3n) is 2.43. The number of nitrogens with one attached hydrogen (secondary N) is 1. The highest BCUT2D eigenvalue weighted by Gasteiger charge is 2.30. The second-order valence-electron chi connectivity index (χ2n) is 4.01. The number of hydrogen-bond acceptors (Lipinski definition) is 4. The van der Waals surface area contributed by atoms with Crippen LogP contribution in [0.1, 0.15) is 19.0 Å². The lowest BCUT2D eigenvalue weighted by Crippen LogP contribution is -2.35. The highest BCUT2D eigenvalue weighted by molar-refractivity contribution is 5.29. The fourth-order valence-electron chi connectivity index (χ4n) is 1.54. The number of hydrogen-bond donors (Lipinski definition) is 1. The van der Waals surface area contributed by atoms with Gasteiger partial charge in [0.15, 0.2) is 0 Å². The molecule has 1 atom stereocenters. The molecule has 0 aliphatic carbocycles. The maximum atomic E-state index is 5.34. The smallest absolute Gasteiger partial charge is 0.223 e. The maximum Gasteiger partial charge on any atom is 0.223 e. The number of rotatable bonds is 2. The standard InChI is InChI=1S/C10H15N3O/c1-8-3-5-11-9(12-8)13-10(2)4-6-14-7-10/h3,5H,4,6-7H2,1-2H3,(H,11,12,13). The minimum atomic E-state index is -0.00616. The molecule has 1 aromatic heterocycles. The predicted octanol–water partition coefficient (Wildman–Crippen LogP) is 1.38. The Hall–Kier alpha value is -1.16. The van der Waals surface area contributed by atoms with E-state index in [1.165, 1.54) is 0 Å². The van der Waals surface area contributed by atoms with Gasteiger partial charge in [-0.15, -0.1) is 0 Å². The van der Waals surface area contributed by atoms with Crippen molar-refractivity contribution in [2.75, 3.05) is 18.5 Å². The van der Waals surface area contributed by atoms with Gasteiger partial charge in [0.05, 0.1) is 12.1 Å². The van der Waals surface area contributed by atoms with Gasteiger partial charge in [-0.05, 0) is 26.3 Å². The second kappa shape index (κ2) is 3.53. The van der Waals surface area contributed by atoms with Crippen molar-refractivity contribution in [3.8, 4) is 0 Å². The third kappa shape index (κ3) is 2.01. The van der Waals surface area contributed by atoms with Crippen LogP contribution in [0.2, 0.25) is 0 Å². The Kier molecular flexibility index (Phi) is 2.37. The van der Waals surface area contributed by atoms with Crippen molar-refractivity contribution in [3.05, 3.63) is 18.0 Å². The van der Waals surface area contributed by atoms with E-state index in [4.69, 9.17) is 4.74 Å². The molecule has 1 unspecified atom stereocenters. The molecular formula is C10H15N3O. The molecule has 1 aliphatic rings. The van der Waals surface area contributed by atoms with Crippen molar-refractivity contribution in [1.82, 2.24) is 9.97 Å². The molecule has 0 aromatic carbocycles. The van der Waals surface area contributed by atoms with Crippen molar-refractivity contribution < 1.29 is 4.74 Å². The quantitative estimate of drug-likeness (QED) is 0.770. The Morgan fingerprint density at radius 1 is 1.57 bits per heavy atom. The van der Waals surface area contributed by atoms with Crippen LogP contribution in [0.4, 0.5) is 5.95 Å². The molecule has 0 bridgehead atoms. The van der Waals surface area contributed by atoms with Gasteiger partial charge in [-0.25, -0.2) is 9.97 Å². The molecule has 0 radical (unpaired) electrons. The van der Waals surface area contributed by atoms with E-state index < -0.39 is 0 Å². The fraction of sp³-hybridized carbons (Fsp3) is 0.600. The van der Waals surface area contributed by atoms with E-state index in [2.05, 4.69) is 22.2 Å². The summed E-state index contributed by atoms with van der Waals surface area (Å²) >= 11 is 0. The minimum absolute atomic E-state index is 0.00616. The van der Waals surface area contributed by atoms with Crippen LogP contribution in [-0.2, 0) is 4.74 Å². The summed E-state index contributed by atoms with van der Waals surface area (Å²) in [5, 5.41) is 3.31. The molecule has 0 amide bonds. The number of ether oxygens (including phenoxy) is 1. The molecule has 2 heterocycles. The van der Waals surface area contributed by atoms with Crippen molar-refractivity contribution in [1.29, 1.82) is 0 Å². The van der Waals surface area contributed by atoms with Crippen LogP contribution in [0.25, 0.3) is 0 Å². The van der Waals surface area contributed by atoms with E-state index in [1.54, 1.807) is 6.20 Å². The summed E-state index contributed by atoms with van der Waals surface area (Å²) in [6.07, 6.45) is 2.77. The Bertz CT molecular complexity index is 321. The Labute approximate surface area is 83.7 Å². The summed E-state index contributed by atoms with van der Waals surface area (Å²) in [6, 6.07) is 1.89. The van der Waals surface area contributed by atoms with Crippen LogP contribution in [0.5, 0.6) is 0 Å². The topological polar surface area (TPSA) is 47.0 Å². The van der Waals surface area contributed by atoms with Crippen LogP contribution in [-0.4, -0.2) is 28.7 Å². The van der Waals surface area contributed by atoms with Gasteiger partial charge in [0, 0.05) is 18.5 Å². The normalized spacial score (nSPS) is 26.4. The average Bonchev–Trinajstić information content (AvgIpc) is 2.51. The molecule has 76 valence electrons. The van der Waals surface area contributed by atoms with Gasteiger partial charge < -0.3 is 10.1 Å². The van der Waals surface area contributed by atoms with Crippen LogP contribution in [0, 0.1) is 6.92 Å². The Morgan fingerprint density at radius 3 is 3.07 bits per heavy atom. The van der Waals surface area contributed by atoms with Crippen LogP contribution in [0.15, 0.2) is 12.3 Å². The van der Waals surface area contributed by atoms with E-state index >= 15 is 0 Å². The minimum Gasteiger partial charge on any atom is -0.379 e. The van der Waals surface area contributed by atoms with Gasteiger partial charge in [-0.2, -0.15) is 0 Å². The number of aryl methyl sites for hydroxylation is 1. The largest absolute Gasteiger partial charge is 0.379 e. The van der Waals surface area contributed by atoms with Crippen LogP contribution < -0.4 is 5.32 Å². The van der Waals surface area contributed by atoms with E-state index in [9.17, 15) is 0 Å². The first kappa shape index (κ1) is 9.40. The molecule has 1 aromatic rings. The molecule has 1 fully saturated rings. The summed E-state index contributed by atoms with van der Waals surface area (Å²) in [6.45, 7) is 5.63. The summed E-state index contributed by atoms with van der Waals surface area (Å²) in [5.41, 5.74) is 0.971. The zero-order valence-corrected chi connectivity index (χ0v) is 8.58. The number of anilines is 1. The predicted molar refractivity (Wildman–Crippen MR) is 54.2 cm³/mol. The summed E-state index contributed by atoms with van der Waals surface area (Å²) in [5.74, 6) is 0.693. The van der Waals surface area contributed by atoms with Crippen molar-refractivity contribution in [2.45, 2.75) is 25.8 Å². The molecule has 0 spiro atoms. The first-order chi connectivity index (χ1) is 6.68. The van der Waals surface area contributed by atoms with Gasteiger partial charge in [-0.3, -0.25) is 0 Å². The zero-order valence-electron chi connectivity index (χ0n) is 8.58. The first-order valence-corrected chi connectivity index (χ1v) is 4.84.